The highest BCUT2D eigenvalue weighted by atomic mass is 35.5. The fourth-order valence-electron chi connectivity index (χ4n) is 4.85. The summed E-state index contributed by atoms with van der Waals surface area (Å²) in [6.07, 6.45) is 4.63. The van der Waals surface area contributed by atoms with Gasteiger partial charge in [0.15, 0.2) is 0 Å². The quantitative estimate of drug-likeness (QED) is 0.347. The van der Waals surface area contributed by atoms with Crippen LogP contribution < -0.4 is 11.1 Å². The van der Waals surface area contributed by atoms with E-state index in [9.17, 15) is 14.4 Å². The molecule has 1 heterocycles. The van der Waals surface area contributed by atoms with Crippen molar-refractivity contribution in [2.45, 2.75) is 44.3 Å². The molecule has 0 aromatic heterocycles. The van der Waals surface area contributed by atoms with Crippen molar-refractivity contribution in [1.29, 1.82) is 0 Å². The summed E-state index contributed by atoms with van der Waals surface area (Å²) in [5.74, 6) is 0.134. The largest absolute Gasteiger partial charge is 0.467 e. The van der Waals surface area contributed by atoms with Gasteiger partial charge in [-0.2, -0.15) is 11.8 Å². The SMILES string of the molecule is COC(=O)[C@H](CCSC)NC(=O)CN(Cc1cccc2ccccc12)C[C@@H]1CCCN1C(=O)CCN.Cl.Cl. The van der Waals surface area contributed by atoms with Gasteiger partial charge < -0.3 is 20.7 Å². The molecule has 2 aromatic rings. The van der Waals surface area contributed by atoms with E-state index in [4.69, 9.17) is 10.5 Å². The molecule has 1 fully saturated rings. The fraction of sp³-hybridized carbons (Fsp3) is 0.519. The van der Waals surface area contributed by atoms with Crippen LogP contribution in [0.2, 0.25) is 0 Å². The summed E-state index contributed by atoms with van der Waals surface area (Å²) in [6, 6.07) is 13.7. The minimum Gasteiger partial charge on any atom is -0.467 e. The van der Waals surface area contributed by atoms with Crippen molar-refractivity contribution in [2.24, 2.45) is 5.73 Å². The first kappa shape index (κ1) is 34.0. The summed E-state index contributed by atoms with van der Waals surface area (Å²) in [4.78, 5) is 42.0. The maximum atomic E-state index is 13.1. The second kappa shape index (κ2) is 17.5. The van der Waals surface area contributed by atoms with Crippen LogP contribution >= 0.6 is 36.6 Å². The zero-order valence-electron chi connectivity index (χ0n) is 22.1. The van der Waals surface area contributed by atoms with Crippen LogP contribution in [-0.2, 0) is 25.7 Å². The number of rotatable bonds is 13. The topological polar surface area (TPSA) is 105 Å². The number of halogens is 2. The van der Waals surface area contributed by atoms with Gasteiger partial charge in [0.25, 0.3) is 0 Å². The molecule has 212 valence electrons. The Balaban J connectivity index is 0.00000361. The number of benzene rings is 2. The lowest BCUT2D eigenvalue weighted by atomic mass is 10.0. The van der Waals surface area contributed by atoms with E-state index in [0.717, 1.165) is 41.5 Å². The molecule has 8 nitrogen and oxygen atoms in total. The summed E-state index contributed by atoms with van der Waals surface area (Å²) in [7, 11) is 1.33. The lowest BCUT2D eigenvalue weighted by molar-refractivity contribution is -0.145. The molecule has 1 aliphatic heterocycles. The summed E-state index contributed by atoms with van der Waals surface area (Å²) < 4.78 is 4.90. The van der Waals surface area contributed by atoms with Gasteiger partial charge in [-0.3, -0.25) is 14.5 Å². The molecular formula is C27H40Cl2N4O4S. The molecule has 0 unspecified atom stereocenters. The van der Waals surface area contributed by atoms with E-state index in [0.29, 0.717) is 32.5 Å². The maximum Gasteiger partial charge on any atom is 0.328 e. The molecule has 11 heteroatoms. The van der Waals surface area contributed by atoms with E-state index in [1.807, 2.05) is 29.4 Å². The molecule has 3 N–H and O–H groups in total. The molecule has 0 radical (unpaired) electrons. The summed E-state index contributed by atoms with van der Waals surface area (Å²) in [5, 5.41) is 5.15. The number of amides is 2. The van der Waals surface area contributed by atoms with Crippen molar-refractivity contribution >= 4 is 65.1 Å². The van der Waals surface area contributed by atoms with E-state index in [-0.39, 0.29) is 49.2 Å². The van der Waals surface area contributed by atoms with Gasteiger partial charge in [-0.05, 0) is 47.6 Å². The molecular weight excluding hydrogens is 547 g/mol. The summed E-state index contributed by atoms with van der Waals surface area (Å²) in [5.41, 5.74) is 6.75. The molecule has 1 saturated heterocycles. The van der Waals surface area contributed by atoms with Crippen LogP contribution in [0.5, 0.6) is 0 Å². The van der Waals surface area contributed by atoms with Gasteiger partial charge in [0.05, 0.1) is 13.7 Å². The Labute approximate surface area is 242 Å². The number of hydrogen-bond donors (Lipinski definition) is 2. The van der Waals surface area contributed by atoms with Crippen LogP contribution in [0.1, 0.15) is 31.2 Å². The van der Waals surface area contributed by atoms with Crippen molar-refractivity contribution < 1.29 is 19.1 Å². The molecule has 0 aliphatic carbocycles. The first-order valence-electron chi connectivity index (χ1n) is 12.5. The number of hydrogen-bond acceptors (Lipinski definition) is 7. The Morgan fingerprint density at radius 3 is 2.63 bits per heavy atom. The maximum absolute atomic E-state index is 13.1. The number of thioether (sulfide) groups is 1. The van der Waals surface area contributed by atoms with E-state index in [1.165, 1.54) is 7.11 Å². The van der Waals surface area contributed by atoms with Crippen molar-refractivity contribution in [2.75, 3.05) is 45.3 Å². The van der Waals surface area contributed by atoms with Gasteiger partial charge >= 0.3 is 5.97 Å². The van der Waals surface area contributed by atoms with Crippen molar-refractivity contribution in [3.63, 3.8) is 0 Å². The molecule has 38 heavy (non-hydrogen) atoms. The van der Waals surface area contributed by atoms with E-state index in [2.05, 4.69) is 34.5 Å². The van der Waals surface area contributed by atoms with Crippen molar-refractivity contribution in [3.05, 3.63) is 48.0 Å². The number of nitrogens with one attached hydrogen (secondary N) is 1. The average molecular weight is 588 g/mol. The third-order valence-corrected chi connectivity index (χ3v) is 7.24. The highest BCUT2D eigenvalue weighted by Gasteiger charge is 2.31. The van der Waals surface area contributed by atoms with Crippen LogP contribution in [0.15, 0.2) is 42.5 Å². The number of carbonyl (C=O) groups excluding carboxylic acids is 3. The number of nitrogens with zero attached hydrogens (tertiary/aromatic N) is 2. The van der Waals surface area contributed by atoms with Gasteiger partial charge in [-0.25, -0.2) is 4.79 Å². The fourth-order valence-corrected chi connectivity index (χ4v) is 5.32. The Bertz CT molecular complexity index is 1040. The Kier molecular flexibility index (Phi) is 15.7. The molecule has 0 spiro atoms. The Morgan fingerprint density at radius 2 is 1.92 bits per heavy atom. The average Bonchev–Trinajstić information content (AvgIpc) is 3.34. The van der Waals surface area contributed by atoms with Crippen LogP contribution in [0.3, 0.4) is 0 Å². The van der Waals surface area contributed by atoms with Gasteiger partial charge in [0, 0.05) is 38.6 Å². The van der Waals surface area contributed by atoms with Crippen molar-refractivity contribution in [1.82, 2.24) is 15.1 Å². The van der Waals surface area contributed by atoms with Crippen LogP contribution in [-0.4, -0.2) is 85.0 Å². The molecule has 0 saturated carbocycles. The molecule has 2 atom stereocenters. The highest BCUT2D eigenvalue weighted by molar-refractivity contribution is 7.98. The number of methoxy groups -OCH3 is 1. The predicted molar refractivity (Wildman–Crippen MR) is 159 cm³/mol. The molecule has 1 aliphatic rings. The lowest BCUT2D eigenvalue weighted by Crippen LogP contribution is -2.49. The number of nitrogens with two attached hydrogens (primary N) is 1. The van der Waals surface area contributed by atoms with Gasteiger partial charge in [0.1, 0.15) is 6.04 Å². The smallest absolute Gasteiger partial charge is 0.328 e. The highest BCUT2D eigenvalue weighted by Crippen LogP contribution is 2.23. The third kappa shape index (κ3) is 9.61. The minimum atomic E-state index is -0.677. The first-order chi connectivity index (χ1) is 17.5. The normalized spacial score (nSPS) is 15.5. The zero-order chi connectivity index (χ0) is 25.9. The number of ether oxygens (including phenoxy) is 1. The van der Waals surface area contributed by atoms with Crippen LogP contribution in [0, 0.1) is 0 Å². The summed E-state index contributed by atoms with van der Waals surface area (Å²) >= 11 is 1.61. The number of likely N-dealkylation sites (tertiary alicyclic amines) is 1. The second-order valence-corrected chi connectivity index (χ2v) is 10.1. The molecule has 2 amide bonds. The molecule has 3 rings (SSSR count). The standard InChI is InChI=1S/C27H38N4O4S.2ClH/c1-35-27(34)24(13-16-36-2)29-25(32)19-30(18-22-10-6-15-31(22)26(33)12-14-28)17-21-9-5-8-20-7-3-4-11-23(20)21;;/h3-5,7-9,11,22,24H,6,10,12-19,28H2,1-2H3,(H,29,32);2*1H/t22-,24-;;/m0../s1. The zero-order valence-corrected chi connectivity index (χ0v) is 24.5. The Hall–Kier alpha value is -2.04. The van der Waals surface area contributed by atoms with E-state index >= 15 is 0 Å². The summed E-state index contributed by atoms with van der Waals surface area (Å²) in [6.45, 7) is 2.29. The predicted octanol–water partition coefficient (Wildman–Crippen LogP) is 3.24. The molecule has 0 bridgehead atoms. The van der Waals surface area contributed by atoms with Gasteiger partial charge in [-0.1, -0.05) is 42.5 Å². The van der Waals surface area contributed by atoms with Crippen LogP contribution in [0.25, 0.3) is 10.8 Å². The van der Waals surface area contributed by atoms with Crippen molar-refractivity contribution in [3.8, 4) is 0 Å². The van der Waals surface area contributed by atoms with E-state index in [1.54, 1.807) is 11.8 Å². The van der Waals surface area contributed by atoms with Gasteiger partial charge in [0.2, 0.25) is 11.8 Å². The van der Waals surface area contributed by atoms with Crippen LogP contribution in [0.4, 0.5) is 0 Å². The first-order valence-corrected chi connectivity index (χ1v) is 13.9. The van der Waals surface area contributed by atoms with E-state index < -0.39 is 12.0 Å². The number of esters is 1. The minimum absolute atomic E-state index is 0. The van der Waals surface area contributed by atoms with Gasteiger partial charge in [-0.15, -0.1) is 24.8 Å². The number of carbonyl (C=O) groups is 3. The lowest BCUT2D eigenvalue weighted by Gasteiger charge is -2.31. The Morgan fingerprint density at radius 1 is 1.18 bits per heavy atom. The molecule has 2 aromatic carbocycles. The monoisotopic (exact) mass is 586 g/mol. The third-order valence-electron chi connectivity index (χ3n) is 6.60. The second-order valence-electron chi connectivity index (χ2n) is 9.15. The number of fused-ring (bicyclic) bond motifs is 1.